The molecule has 6 heteroatoms. The van der Waals surface area contributed by atoms with Gasteiger partial charge < -0.3 is 0 Å². The molecule has 1 atom stereocenters. The van der Waals surface area contributed by atoms with Crippen LogP contribution in [0, 0.1) is 31.1 Å². The fourth-order valence-corrected chi connectivity index (χ4v) is 5.83. The minimum atomic E-state index is 0.00110. The quantitative estimate of drug-likeness (QED) is 0.472. The summed E-state index contributed by atoms with van der Waals surface area (Å²) in [7, 11) is 0. The number of fused-ring (bicyclic) bond motifs is 3. The van der Waals surface area contributed by atoms with Crippen molar-refractivity contribution in [3.05, 3.63) is 50.1 Å². The minimum absolute atomic E-state index is 0.00110. The molecule has 0 saturated heterocycles. The van der Waals surface area contributed by atoms with E-state index in [1.807, 2.05) is 32.0 Å². The lowest BCUT2D eigenvalue weighted by Crippen LogP contribution is -2.23. The van der Waals surface area contributed by atoms with E-state index < -0.39 is 0 Å². The third-order valence-electron chi connectivity index (χ3n) is 5.17. The highest BCUT2D eigenvalue weighted by Crippen LogP contribution is 2.37. The largest absolute Gasteiger partial charge is 0.268 e. The maximum absolute atomic E-state index is 13.6. The van der Waals surface area contributed by atoms with Crippen LogP contribution in [-0.4, -0.2) is 15.3 Å². The summed E-state index contributed by atoms with van der Waals surface area (Å²) in [5.74, 6) is 0.921. The van der Waals surface area contributed by atoms with Crippen molar-refractivity contribution >= 4 is 33.3 Å². The van der Waals surface area contributed by atoms with Crippen molar-refractivity contribution in [1.82, 2.24) is 9.55 Å². The Kier molecular flexibility index (Phi) is 4.83. The molecule has 0 aliphatic heterocycles. The molecular weight excluding hydrogens is 374 g/mol. The summed E-state index contributed by atoms with van der Waals surface area (Å²) in [6.07, 6.45) is 3.09. The Morgan fingerprint density at radius 2 is 2.22 bits per heavy atom. The molecule has 0 spiro atoms. The summed E-state index contributed by atoms with van der Waals surface area (Å²) in [5, 5.41) is 10.4. The van der Waals surface area contributed by atoms with E-state index in [1.54, 1.807) is 15.9 Å². The topological polar surface area (TPSA) is 58.7 Å². The Hall–Kier alpha value is -2.10. The maximum atomic E-state index is 13.6. The zero-order valence-corrected chi connectivity index (χ0v) is 17.3. The lowest BCUT2D eigenvalue weighted by Gasteiger charge is -2.18. The monoisotopic (exact) mass is 395 g/mol. The van der Waals surface area contributed by atoms with Crippen LogP contribution in [0.5, 0.6) is 0 Å². The van der Waals surface area contributed by atoms with Crippen LogP contribution >= 0.6 is 23.1 Å². The molecule has 0 amide bonds. The van der Waals surface area contributed by atoms with Gasteiger partial charge in [0.1, 0.15) is 4.83 Å². The molecule has 2 heterocycles. The van der Waals surface area contributed by atoms with Gasteiger partial charge in [0.05, 0.1) is 22.9 Å². The number of nitriles is 1. The van der Waals surface area contributed by atoms with E-state index >= 15 is 0 Å². The number of nitrogens with zero attached hydrogens (tertiary/aromatic N) is 3. The Balaban J connectivity index is 2.03. The van der Waals surface area contributed by atoms with Gasteiger partial charge in [0.15, 0.2) is 5.16 Å². The Morgan fingerprint density at radius 3 is 3.00 bits per heavy atom. The fourth-order valence-electron chi connectivity index (χ4n) is 3.74. The van der Waals surface area contributed by atoms with Gasteiger partial charge in [0.2, 0.25) is 0 Å². The molecular formula is C21H21N3OS2. The van der Waals surface area contributed by atoms with Crippen LogP contribution in [0.25, 0.3) is 15.9 Å². The lowest BCUT2D eigenvalue weighted by molar-refractivity contribution is 0.509. The third-order valence-corrected chi connectivity index (χ3v) is 7.12. The molecule has 2 aromatic heterocycles. The summed E-state index contributed by atoms with van der Waals surface area (Å²) in [6, 6.07) is 8.26. The fraction of sp³-hybridized carbons (Fsp3) is 0.381. The molecule has 4 rings (SSSR count). The number of rotatable bonds is 3. The number of thioether (sulfide) groups is 1. The van der Waals surface area contributed by atoms with Crippen molar-refractivity contribution in [2.24, 2.45) is 5.92 Å². The highest BCUT2D eigenvalue weighted by atomic mass is 32.2. The number of thiophene rings is 1. The smallest absolute Gasteiger partial charge is 0.267 e. The third kappa shape index (κ3) is 3.19. The highest BCUT2D eigenvalue weighted by molar-refractivity contribution is 7.99. The van der Waals surface area contributed by atoms with E-state index in [0.717, 1.165) is 46.3 Å². The molecule has 27 heavy (non-hydrogen) atoms. The summed E-state index contributed by atoms with van der Waals surface area (Å²) in [6.45, 7) is 6.30. The van der Waals surface area contributed by atoms with Gasteiger partial charge in [-0.25, -0.2) is 4.98 Å². The summed E-state index contributed by atoms with van der Waals surface area (Å²) >= 11 is 2.99. The van der Waals surface area contributed by atoms with Gasteiger partial charge in [0.25, 0.3) is 5.56 Å². The van der Waals surface area contributed by atoms with Crippen LogP contribution in [0.15, 0.2) is 28.2 Å². The van der Waals surface area contributed by atoms with Crippen LogP contribution in [0.3, 0.4) is 0 Å². The Bertz CT molecular complexity index is 1140. The second kappa shape index (κ2) is 7.14. The zero-order valence-electron chi connectivity index (χ0n) is 15.7. The first-order chi connectivity index (χ1) is 13.0. The number of aryl methyl sites for hydroxylation is 3. The SMILES string of the molecule is Cc1ccc(C)c(-n2c(SCC#N)nc3sc4c(c3c2=O)CC[C@H](C)C4)c1. The number of aromatic nitrogens is 2. The van der Waals surface area contributed by atoms with Crippen molar-refractivity contribution in [2.45, 2.75) is 45.2 Å². The second-order valence-corrected chi connectivity index (χ2v) is 9.33. The van der Waals surface area contributed by atoms with Crippen molar-refractivity contribution in [2.75, 3.05) is 5.75 Å². The normalized spacial score (nSPS) is 16.3. The van der Waals surface area contributed by atoms with Gasteiger partial charge in [-0.3, -0.25) is 9.36 Å². The summed E-state index contributed by atoms with van der Waals surface area (Å²) in [4.78, 5) is 20.6. The molecule has 1 aromatic carbocycles. The number of benzene rings is 1. The standard InChI is InChI=1S/C21H21N3OS2/c1-12-4-6-14(3)16(10-12)24-20(25)18-15-7-5-13(2)11-17(15)27-19(18)23-21(24)26-9-8-22/h4,6,10,13H,5,7,9,11H2,1-3H3/t13-/m0/s1. The van der Waals surface area contributed by atoms with Crippen LogP contribution < -0.4 is 5.56 Å². The molecule has 4 nitrogen and oxygen atoms in total. The van der Waals surface area contributed by atoms with Crippen molar-refractivity contribution in [3.8, 4) is 11.8 Å². The van der Waals surface area contributed by atoms with Crippen LogP contribution in [0.4, 0.5) is 0 Å². The second-order valence-electron chi connectivity index (χ2n) is 7.30. The molecule has 1 aliphatic carbocycles. The molecule has 3 aromatic rings. The Morgan fingerprint density at radius 1 is 1.41 bits per heavy atom. The van der Waals surface area contributed by atoms with Gasteiger partial charge in [-0.05, 0) is 61.8 Å². The van der Waals surface area contributed by atoms with E-state index in [1.165, 1.54) is 22.2 Å². The van der Waals surface area contributed by atoms with Crippen LogP contribution in [0.1, 0.15) is 34.9 Å². The summed E-state index contributed by atoms with van der Waals surface area (Å²) in [5.41, 5.74) is 4.18. The average molecular weight is 396 g/mol. The van der Waals surface area contributed by atoms with Gasteiger partial charge in [0, 0.05) is 4.88 Å². The van der Waals surface area contributed by atoms with E-state index in [9.17, 15) is 4.79 Å². The lowest BCUT2D eigenvalue weighted by atomic mass is 9.89. The highest BCUT2D eigenvalue weighted by Gasteiger charge is 2.25. The minimum Gasteiger partial charge on any atom is -0.268 e. The number of hydrogen-bond acceptors (Lipinski definition) is 5. The van der Waals surface area contributed by atoms with Gasteiger partial charge in [-0.2, -0.15) is 5.26 Å². The van der Waals surface area contributed by atoms with E-state index in [2.05, 4.69) is 13.0 Å². The van der Waals surface area contributed by atoms with Gasteiger partial charge in [-0.1, -0.05) is 30.8 Å². The zero-order chi connectivity index (χ0) is 19.1. The molecule has 0 radical (unpaired) electrons. The first-order valence-electron chi connectivity index (χ1n) is 9.14. The summed E-state index contributed by atoms with van der Waals surface area (Å²) < 4.78 is 1.72. The molecule has 0 unspecified atom stereocenters. The van der Waals surface area contributed by atoms with Crippen molar-refractivity contribution < 1.29 is 0 Å². The van der Waals surface area contributed by atoms with E-state index in [-0.39, 0.29) is 11.3 Å². The Labute approximate surface area is 166 Å². The first-order valence-corrected chi connectivity index (χ1v) is 10.9. The van der Waals surface area contributed by atoms with E-state index in [4.69, 9.17) is 10.2 Å². The first kappa shape index (κ1) is 18.3. The van der Waals surface area contributed by atoms with Crippen molar-refractivity contribution in [3.63, 3.8) is 0 Å². The number of hydrogen-bond donors (Lipinski definition) is 0. The van der Waals surface area contributed by atoms with Crippen molar-refractivity contribution in [1.29, 1.82) is 5.26 Å². The van der Waals surface area contributed by atoms with Gasteiger partial charge >= 0.3 is 0 Å². The molecule has 1 aliphatic rings. The van der Waals surface area contributed by atoms with Crippen LogP contribution in [0.2, 0.25) is 0 Å². The molecule has 0 N–H and O–H groups in total. The molecule has 0 bridgehead atoms. The predicted octanol–water partition coefficient (Wildman–Crippen LogP) is 4.80. The molecule has 0 saturated carbocycles. The van der Waals surface area contributed by atoms with E-state index in [0.29, 0.717) is 11.1 Å². The predicted molar refractivity (Wildman–Crippen MR) is 112 cm³/mol. The maximum Gasteiger partial charge on any atom is 0.267 e. The molecule has 138 valence electrons. The van der Waals surface area contributed by atoms with Gasteiger partial charge in [-0.15, -0.1) is 11.3 Å². The van der Waals surface area contributed by atoms with Crippen LogP contribution in [-0.2, 0) is 12.8 Å². The average Bonchev–Trinajstić information content (AvgIpc) is 2.99. The molecule has 0 fully saturated rings.